The number of benzene rings is 2. The van der Waals surface area contributed by atoms with Gasteiger partial charge < -0.3 is 13.9 Å². The molecule has 1 unspecified atom stereocenters. The van der Waals surface area contributed by atoms with Gasteiger partial charge in [0.1, 0.15) is 17.9 Å². The minimum atomic E-state index is -0.494. The molecule has 3 aromatic rings. The predicted octanol–water partition coefficient (Wildman–Crippen LogP) is 4.04. The first kappa shape index (κ1) is 17.7. The van der Waals surface area contributed by atoms with Crippen LogP contribution in [0.5, 0.6) is 5.75 Å². The number of carbonyl (C=O) groups excluding carboxylic acids is 1. The molecule has 5 heteroatoms. The van der Waals surface area contributed by atoms with Gasteiger partial charge in [-0.25, -0.2) is 4.79 Å². The predicted molar refractivity (Wildman–Crippen MR) is 98.3 cm³/mol. The summed E-state index contributed by atoms with van der Waals surface area (Å²) < 4.78 is 15.9. The molecule has 0 aliphatic rings. The van der Waals surface area contributed by atoms with E-state index in [1.54, 1.807) is 25.3 Å². The lowest BCUT2D eigenvalue weighted by atomic mass is 9.97. The number of hydrogen-bond donors (Lipinski definition) is 0. The average molecular weight is 352 g/mol. The number of fused-ring (bicyclic) bond motifs is 1. The van der Waals surface area contributed by atoms with Crippen LogP contribution in [-0.2, 0) is 16.1 Å². The Kier molecular flexibility index (Phi) is 5.37. The number of hydrogen-bond acceptors (Lipinski definition) is 5. The van der Waals surface area contributed by atoms with Gasteiger partial charge in [-0.3, -0.25) is 4.79 Å². The van der Waals surface area contributed by atoms with Crippen LogP contribution in [0.3, 0.4) is 0 Å². The Morgan fingerprint density at radius 2 is 1.88 bits per heavy atom. The van der Waals surface area contributed by atoms with Crippen molar-refractivity contribution in [3.05, 3.63) is 76.1 Å². The summed E-state index contributed by atoms with van der Waals surface area (Å²) in [6, 6.07) is 16.1. The molecule has 1 atom stereocenters. The van der Waals surface area contributed by atoms with E-state index >= 15 is 0 Å². The maximum absolute atomic E-state index is 12.5. The number of methoxy groups -OCH3 is 1. The lowest BCUT2D eigenvalue weighted by Crippen LogP contribution is -2.16. The van der Waals surface area contributed by atoms with Crippen molar-refractivity contribution in [3.8, 4) is 5.75 Å². The van der Waals surface area contributed by atoms with Crippen LogP contribution in [0.15, 0.2) is 63.8 Å². The van der Waals surface area contributed by atoms with Crippen molar-refractivity contribution in [1.29, 1.82) is 0 Å². The molecule has 1 aromatic heterocycles. The van der Waals surface area contributed by atoms with E-state index in [4.69, 9.17) is 13.9 Å². The van der Waals surface area contributed by atoms with Crippen molar-refractivity contribution < 1.29 is 18.7 Å². The van der Waals surface area contributed by atoms with Gasteiger partial charge >= 0.3 is 11.6 Å². The SMILES string of the molecule is CCC(C(=O)OCc1cc(=O)oc2cc(OC)ccc12)c1ccccc1. The van der Waals surface area contributed by atoms with E-state index in [9.17, 15) is 9.59 Å². The lowest BCUT2D eigenvalue weighted by Gasteiger charge is -2.15. The Morgan fingerprint density at radius 3 is 2.58 bits per heavy atom. The number of rotatable bonds is 6. The van der Waals surface area contributed by atoms with Gasteiger partial charge in [0, 0.05) is 23.1 Å². The second kappa shape index (κ2) is 7.87. The molecule has 0 amide bonds. The summed E-state index contributed by atoms with van der Waals surface area (Å²) in [5.74, 6) is -0.0544. The topological polar surface area (TPSA) is 65.7 Å². The standard InChI is InChI=1S/C21H20O5/c1-3-17(14-7-5-4-6-8-14)21(23)25-13-15-11-20(22)26-19-12-16(24-2)9-10-18(15)19/h4-12,17H,3,13H2,1-2H3. The zero-order valence-electron chi connectivity index (χ0n) is 14.7. The number of carbonyl (C=O) groups is 1. The summed E-state index contributed by atoms with van der Waals surface area (Å²) >= 11 is 0. The first-order valence-corrected chi connectivity index (χ1v) is 8.44. The molecule has 0 aliphatic carbocycles. The summed E-state index contributed by atoms with van der Waals surface area (Å²) in [5, 5.41) is 0.714. The second-order valence-corrected chi connectivity index (χ2v) is 5.93. The van der Waals surface area contributed by atoms with Gasteiger partial charge in [-0.2, -0.15) is 0 Å². The minimum Gasteiger partial charge on any atom is -0.497 e. The van der Waals surface area contributed by atoms with Crippen molar-refractivity contribution in [2.45, 2.75) is 25.9 Å². The van der Waals surface area contributed by atoms with E-state index in [2.05, 4.69) is 0 Å². The molecular formula is C21H20O5. The number of esters is 1. The Bertz CT molecular complexity index is 959. The Labute approximate surface area is 151 Å². The van der Waals surface area contributed by atoms with Crippen LogP contribution in [0.1, 0.15) is 30.4 Å². The van der Waals surface area contributed by atoms with Crippen LogP contribution in [0, 0.1) is 0 Å². The van der Waals surface area contributed by atoms with Gasteiger partial charge in [0.15, 0.2) is 0 Å². The zero-order valence-corrected chi connectivity index (χ0v) is 14.7. The highest BCUT2D eigenvalue weighted by Crippen LogP contribution is 2.25. The Hall–Kier alpha value is -3.08. The van der Waals surface area contributed by atoms with E-state index in [1.165, 1.54) is 6.07 Å². The van der Waals surface area contributed by atoms with Crippen LogP contribution >= 0.6 is 0 Å². The third kappa shape index (κ3) is 3.77. The zero-order chi connectivity index (χ0) is 18.5. The average Bonchev–Trinajstić information content (AvgIpc) is 2.66. The molecule has 0 bridgehead atoms. The monoisotopic (exact) mass is 352 g/mol. The minimum absolute atomic E-state index is 0.0105. The molecule has 0 aliphatic heterocycles. The van der Waals surface area contributed by atoms with Crippen molar-refractivity contribution in [1.82, 2.24) is 0 Å². The molecule has 0 N–H and O–H groups in total. The summed E-state index contributed by atoms with van der Waals surface area (Å²) in [7, 11) is 1.54. The van der Waals surface area contributed by atoms with E-state index in [1.807, 2.05) is 37.3 Å². The quantitative estimate of drug-likeness (QED) is 0.495. The van der Waals surface area contributed by atoms with E-state index in [0.717, 1.165) is 5.56 Å². The summed E-state index contributed by atoms with van der Waals surface area (Å²) in [6.45, 7) is 1.95. The van der Waals surface area contributed by atoms with Crippen LogP contribution in [-0.4, -0.2) is 13.1 Å². The molecular weight excluding hydrogens is 332 g/mol. The molecule has 0 spiro atoms. The van der Waals surface area contributed by atoms with Crippen LogP contribution < -0.4 is 10.4 Å². The highest BCUT2D eigenvalue weighted by atomic mass is 16.5. The molecule has 5 nitrogen and oxygen atoms in total. The second-order valence-electron chi connectivity index (χ2n) is 5.93. The third-order valence-electron chi connectivity index (χ3n) is 4.30. The largest absolute Gasteiger partial charge is 0.497 e. The van der Waals surface area contributed by atoms with Crippen LogP contribution in [0.25, 0.3) is 11.0 Å². The van der Waals surface area contributed by atoms with Crippen molar-refractivity contribution in [3.63, 3.8) is 0 Å². The Morgan fingerprint density at radius 1 is 1.12 bits per heavy atom. The third-order valence-corrected chi connectivity index (χ3v) is 4.30. The maximum atomic E-state index is 12.5. The van der Waals surface area contributed by atoms with Gasteiger partial charge in [0.2, 0.25) is 0 Å². The fourth-order valence-corrected chi connectivity index (χ4v) is 2.93. The first-order chi connectivity index (χ1) is 12.6. The van der Waals surface area contributed by atoms with Gasteiger partial charge in [0.05, 0.1) is 13.0 Å². The van der Waals surface area contributed by atoms with Crippen molar-refractivity contribution in [2.24, 2.45) is 0 Å². The molecule has 0 saturated heterocycles. The van der Waals surface area contributed by atoms with Gasteiger partial charge in [-0.05, 0) is 24.1 Å². The van der Waals surface area contributed by atoms with Gasteiger partial charge in [-0.1, -0.05) is 37.3 Å². The summed E-state index contributed by atoms with van der Waals surface area (Å²) in [5.41, 5.74) is 1.43. The van der Waals surface area contributed by atoms with Gasteiger partial charge in [-0.15, -0.1) is 0 Å². The lowest BCUT2D eigenvalue weighted by molar-refractivity contribution is -0.146. The molecule has 134 valence electrons. The van der Waals surface area contributed by atoms with E-state index in [-0.39, 0.29) is 18.5 Å². The highest BCUT2D eigenvalue weighted by Gasteiger charge is 2.20. The molecule has 1 heterocycles. The smallest absolute Gasteiger partial charge is 0.336 e. The normalized spacial score (nSPS) is 11.9. The molecule has 0 fully saturated rings. The van der Waals surface area contributed by atoms with E-state index in [0.29, 0.717) is 28.7 Å². The van der Waals surface area contributed by atoms with Gasteiger partial charge in [0.25, 0.3) is 0 Å². The molecule has 2 aromatic carbocycles. The molecule has 0 saturated carbocycles. The summed E-state index contributed by atoms with van der Waals surface area (Å²) in [6.07, 6.45) is 0.637. The number of ether oxygens (including phenoxy) is 2. The Balaban J connectivity index is 1.83. The fourth-order valence-electron chi connectivity index (χ4n) is 2.93. The molecule has 26 heavy (non-hydrogen) atoms. The van der Waals surface area contributed by atoms with Crippen LogP contribution in [0.2, 0.25) is 0 Å². The summed E-state index contributed by atoms with van der Waals surface area (Å²) in [4.78, 5) is 24.3. The first-order valence-electron chi connectivity index (χ1n) is 8.44. The van der Waals surface area contributed by atoms with Crippen molar-refractivity contribution >= 4 is 16.9 Å². The molecule has 3 rings (SSSR count). The van der Waals surface area contributed by atoms with Crippen molar-refractivity contribution in [2.75, 3.05) is 7.11 Å². The fraction of sp³-hybridized carbons (Fsp3) is 0.238. The highest BCUT2D eigenvalue weighted by molar-refractivity contribution is 5.82. The maximum Gasteiger partial charge on any atom is 0.336 e. The van der Waals surface area contributed by atoms with E-state index < -0.39 is 5.63 Å². The molecule has 0 radical (unpaired) electrons. The van der Waals surface area contributed by atoms with Crippen LogP contribution in [0.4, 0.5) is 0 Å².